The molecule has 6 rings (SSSR count). The van der Waals surface area contributed by atoms with Gasteiger partial charge in [-0.15, -0.1) is 0 Å². The standard InChI is InChI=1S/C22H25.C12H9Si.2ClH.Zr/c1-5-9-16-14-18-12-13-20(22(2,3)4)21(19(18)15-16)17-10-7-6-8-11-17;1-3-7-11-9(5-1)10-6-2-4-8-12(10)13-11;;;/h6-8,10-15H,5,9H2,1-4H3;1-7H,13H2;2*1H;/q;;;;+2/p-2. The summed E-state index contributed by atoms with van der Waals surface area (Å²) in [6.45, 7) is 9.20. The van der Waals surface area contributed by atoms with Crippen molar-refractivity contribution in [1.29, 1.82) is 0 Å². The molecule has 0 spiro atoms. The van der Waals surface area contributed by atoms with E-state index in [0.29, 0.717) is 0 Å². The quantitative estimate of drug-likeness (QED) is 0.174. The third-order valence-corrected chi connectivity index (χ3v) is 22.6. The summed E-state index contributed by atoms with van der Waals surface area (Å²) >= 11 is -3.95. The predicted octanol–water partition coefficient (Wildman–Crippen LogP) is 7.78. The fourth-order valence-corrected chi connectivity index (χ4v) is 23.5. The zero-order valence-corrected chi connectivity index (χ0v) is 28.0. The van der Waals surface area contributed by atoms with Gasteiger partial charge in [0.2, 0.25) is 0 Å². The first kappa shape index (κ1) is 26.5. The minimum absolute atomic E-state index is 0.0248. The summed E-state index contributed by atoms with van der Waals surface area (Å²) in [6.07, 6.45) is 4.59. The Kier molecular flexibility index (Phi) is 7.01. The molecule has 0 N–H and O–H groups in total. The van der Waals surface area contributed by atoms with Gasteiger partial charge in [-0.1, -0.05) is 0 Å². The van der Waals surface area contributed by atoms with Crippen LogP contribution < -0.4 is 13.6 Å². The molecule has 0 aromatic heterocycles. The number of hydrogen-bond donors (Lipinski definition) is 0. The Bertz CT molecular complexity index is 1560. The van der Waals surface area contributed by atoms with Crippen LogP contribution in [0, 0.1) is 0 Å². The molecule has 38 heavy (non-hydrogen) atoms. The number of rotatable bonds is 5. The maximum absolute atomic E-state index is 7.84. The average molecular weight is 633 g/mol. The van der Waals surface area contributed by atoms with Gasteiger partial charge in [-0.3, -0.25) is 0 Å². The monoisotopic (exact) mass is 630 g/mol. The predicted molar refractivity (Wildman–Crippen MR) is 167 cm³/mol. The second kappa shape index (κ2) is 10.0. The van der Waals surface area contributed by atoms with Crippen LogP contribution in [0.25, 0.3) is 28.3 Å². The van der Waals surface area contributed by atoms with Crippen molar-refractivity contribution < 1.29 is 17.9 Å². The third-order valence-electron chi connectivity index (χ3n) is 8.27. The van der Waals surface area contributed by atoms with Crippen molar-refractivity contribution in [2.75, 3.05) is 0 Å². The first-order valence-corrected chi connectivity index (χ1v) is 24.1. The molecule has 0 radical (unpaired) electrons. The van der Waals surface area contributed by atoms with Crippen LogP contribution in [0.5, 0.6) is 0 Å². The molecular weight excluding hydrogens is 599 g/mol. The van der Waals surface area contributed by atoms with Gasteiger partial charge in [0.25, 0.3) is 0 Å². The Morgan fingerprint density at radius 3 is 2.26 bits per heavy atom. The van der Waals surface area contributed by atoms with Gasteiger partial charge < -0.3 is 0 Å². The molecule has 2 aliphatic rings. The molecule has 0 nitrogen and oxygen atoms in total. The van der Waals surface area contributed by atoms with Crippen LogP contribution in [0.1, 0.15) is 60.9 Å². The summed E-state index contributed by atoms with van der Waals surface area (Å²) in [7, 11) is 15.1. The van der Waals surface area contributed by atoms with E-state index >= 15 is 0 Å². The number of benzene rings is 4. The van der Waals surface area contributed by atoms with Gasteiger partial charge >= 0.3 is 243 Å². The average Bonchev–Trinajstić information content (AvgIpc) is 3.46. The van der Waals surface area contributed by atoms with Crippen molar-refractivity contribution in [3.05, 3.63) is 107 Å². The van der Waals surface area contributed by atoms with Crippen molar-refractivity contribution in [2.45, 2.75) is 49.6 Å². The van der Waals surface area contributed by atoms with Gasteiger partial charge in [0.1, 0.15) is 0 Å². The van der Waals surface area contributed by atoms with Crippen LogP contribution in [0.4, 0.5) is 0 Å². The van der Waals surface area contributed by atoms with E-state index in [1.807, 2.05) is 0 Å². The van der Waals surface area contributed by atoms with Gasteiger partial charge in [-0.2, -0.15) is 0 Å². The van der Waals surface area contributed by atoms with Crippen molar-refractivity contribution in [3.63, 3.8) is 0 Å². The SMILES string of the molecule is CCCC1=Cc2c(ccc(C(C)(C)C)c2-c2ccccc2)[CH]1[Zr]([Cl])([Cl])[c]1cccc2c1[SiH2]c1ccccc1-2. The summed E-state index contributed by atoms with van der Waals surface area (Å²) in [4.78, 5) is 0. The van der Waals surface area contributed by atoms with Crippen molar-refractivity contribution in [3.8, 4) is 22.3 Å². The molecule has 192 valence electrons. The van der Waals surface area contributed by atoms with Gasteiger partial charge in [0, 0.05) is 0 Å². The zero-order chi connectivity index (χ0) is 26.7. The normalized spacial score (nSPS) is 16.8. The Labute approximate surface area is 241 Å². The topological polar surface area (TPSA) is 0 Å². The van der Waals surface area contributed by atoms with Crippen LogP contribution in [0.15, 0.2) is 90.5 Å². The van der Waals surface area contributed by atoms with E-state index in [1.165, 1.54) is 58.2 Å². The second-order valence-corrected chi connectivity index (χ2v) is 27.6. The summed E-state index contributed by atoms with van der Waals surface area (Å²) in [5.74, 6) is 0. The fourth-order valence-electron chi connectivity index (χ4n) is 6.61. The molecule has 1 heterocycles. The van der Waals surface area contributed by atoms with E-state index in [9.17, 15) is 0 Å². The molecule has 4 aromatic carbocycles. The van der Waals surface area contributed by atoms with E-state index in [0.717, 1.165) is 12.8 Å². The van der Waals surface area contributed by atoms with E-state index in [-0.39, 0.29) is 9.04 Å². The molecule has 1 atom stereocenters. The number of halogens is 2. The first-order valence-electron chi connectivity index (χ1n) is 13.7. The van der Waals surface area contributed by atoms with Gasteiger partial charge in [0.15, 0.2) is 0 Å². The molecule has 4 aromatic rings. The molecule has 0 amide bonds. The molecule has 0 bridgehead atoms. The van der Waals surface area contributed by atoms with Crippen molar-refractivity contribution >= 4 is 46.3 Å². The molecule has 1 aliphatic carbocycles. The van der Waals surface area contributed by atoms with Gasteiger partial charge in [0.05, 0.1) is 0 Å². The second-order valence-electron chi connectivity index (χ2n) is 11.8. The van der Waals surface area contributed by atoms with Gasteiger partial charge in [-0.25, -0.2) is 0 Å². The molecule has 1 aliphatic heterocycles. The Hall–Kier alpha value is -1.70. The van der Waals surface area contributed by atoms with Crippen LogP contribution in [-0.2, 0) is 23.3 Å². The minimum atomic E-state index is -3.95. The zero-order valence-electron chi connectivity index (χ0n) is 22.6. The van der Waals surface area contributed by atoms with Crippen molar-refractivity contribution in [2.24, 2.45) is 0 Å². The van der Waals surface area contributed by atoms with Crippen molar-refractivity contribution in [1.82, 2.24) is 0 Å². The third kappa shape index (κ3) is 4.37. The fraction of sp³-hybridized carbons (Fsp3) is 0.235. The van der Waals surface area contributed by atoms with E-state index in [2.05, 4.69) is 119 Å². The molecule has 4 heteroatoms. The molecule has 0 saturated carbocycles. The number of allylic oxidation sites excluding steroid dienone is 1. The van der Waals surface area contributed by atoms with Crippen LogP contribution >= 0.6 is 17.0 Å². The summed E-state index contributed by atoms with van der Waals surface area (Å²) in [5, 5.41) is 3.01. The first-order chi connectivity index (χ1) is 18.2. The number of fused-ring (bicyclic) bond motifs is 4. The molecular formula is C34H34Cl2SiZr. The van der Waals surface area contributed by atoms with E-state index in [1.54, 1.807) is 0 Å². The van der Waals surface area contributed by atoms with E-state index in [4.69, 9.17) is 17.0 Å². The Morgan fingerprint density at radius 1 is 0.816 bits per heavy atom. The van der Waals surface area contributed by atoms with Crippen LogP contribution in [-0.4, -0.2) is 9.52 Å². The molecule has 0 saturated heterocycles. The number of hydrogen-bond acceptors (Lipinski definition) is 0. The Morgan fingerprint density at radius 2 is 1.53 bits per heavy atom. The summed E-state index contributed by atoms with van der Waals surface area (Å²) in [5.41, 5.74) is 10.9. The Balaban J connectivity index is 1.56. The molecule has 0 fully saturated rings. The van der Waals surface area contributed by atoms with Gasteiger partial charge in [-0.05, 0) is 0 Å². The maximum atomic E-state index is 7.84. The van der Waals surface area contributed by atoms with Crippen LogP contribution in [0.3, 0.4) is 0 Å². The van der Waals surface area contributed by atoms with Crippen LogP contribution in [0.2, 0.25) is 0 Å². The molecule has 1 unspecified atom stereocenters. The summed E-state index contributed by atoms with van der Waals surface area (Å²) in [6, 6.07) is 31.2. The van der Waals surface area contributed by atoms with E-state index < -0.39 is 27.4 Å². The summed E-state index contributed by atoms with van der Waals surface area (Å²) < 4.78 is 1.44.